The van der Waals surface area contributed by atoms with Crippen LogP contribution in [0.4, 0.5) is 4.79 Å². The van der Waals surface area contributed by atoms with Crippen LogP contribution in [0.1, 0.15) is 56.1 Å². The van der Waals surface area contributed by atoms with Gasteiger partial charge in [-0.25, -0.2) is 9.59 Å². The molecule has 2 aromatic rings. The molecular formula is C27H32N2O6. The summed E-state index contributed by atoms with van der Waals surface area (Å²) in [6, 6.07) is 14.9. The zero-order valence-electron chi connectivity index (χ0n) is 19.8. The fraction of sp³-hybridized carbons (Fsp3) is 0.444. The number of ether oxygens (including phenoxy) is 1. The molecule has 1 saturated carbocycles. The first-order chi connectivity index (χ1) is 16.8. The van der Waals surface area contributed by atoms with E-state index in [0.717, 1.165) is 35.1 Å². The van der Waals surface area contributed by atoms with Crippen molar-refractivity contribution in [2.24, 2.45) is 5.92 Å². The summed E-state index contributed by atoms with van der Waals surface area (Å²) in [4.78, 5) is 37.7. The molecular weight excluding hydrogens is 448 g/mol. The first-order valence-electron chi connectivity index (χ1n) is 12.1. The van der Waals surface area contributed by atoms with Crippen molar-refractivity contribution in [2.75, 3.05) is 13.2 Å². The molecule has 186 valence electrons. The molecule has 0 bridgehead atoms. The SMILES string of the molecule is CC1CCCC(NC(=O)OCC2c3ccccc3-c3ccccc32)(C(=O)NC(CCO)C(=O)O)C1. The summed E-state index contributed by atoms with van der Waals surface area (Å²) >= 11 is 0. The van der Waals surface area contributed by atoms with Crippen LogP contribution in [0.25, 0.3) is 11.1 Å². The molecule has 35 heavy (non-hydrogen) atoms. The normalized spacial score (nSPS) is 21.9. The lowest BCUT2D eigenvalue weighted by atomic mass is 9.75. The van der Waals surface area contributed by atoms with Gasteiger partial charge in [-0.05, 0) is 41.0 Å². The Morgan fingerprint density at radius 3 is 2.29 bits per heavy atom. The van der Waals surface area contributed by atoms with Gasteiger partial charge in [0.15, 0.2) is 0 Å². The fourth-order valence-electron chi connectivity index (χ4n) is 5.44. The van der Waals surface area contributed by atoms with E-state index in [9.17, 15) is 19.5 Å². The highest BCUT2D eigenvalue weighted by atomic mass is 16.5. The molecule has 3 atom stereocenters. The van der Waals surface area contributed by atoms with Crippen LogP contribution >= 0.6 is 0 Å². The predicted octanol–water partition coefficient (Wildman–Crippen LogP) is 3.43. The Balaban J connectivity index is 1.48. The van der Waals surface area contributed by atoms with Gasteiger partial charge in [0.05, 0.1) is 0 Å². The first kappa shape index (κ1) is 24.7. The second-order valence-corrected chi connectivity index (χ2v) is 9.61. The number of rotatable bonds is 8. The van der Waals surface area contributed by atoms with Gasteiger partial charge in [0, 0.05) is 18.9 Å². The molecule has 2 amide bonds. The number of hydrogen-bond donors (Lipinski definition) is 4. The zero-order chi connectivity index (χ0) is 25.0. The lowest BCUT2D eigenvalue weighted by Gasteiger charge is -2.39. The van der Waals surface area contributed by atoms with Crippen LogP contribution in [0.15, 0.2) is 48.5 Å². The molecule has 0 saturated heterocycles. The quantitative estimate of drug-likeness (QED) is 0.459. The van der Waals surface area contributed by atoms with Crippen LogP contribution in [-0.2, 0) is 14.3 Å². The summed E-state index contributed by atoms with van der Waals surface area (Å²) in [7, 11) is 0. The van der Waals surface area contributed by atoms with E-state index in [-0.39, 0.29) is 31.5 Å². The Labute approximate surface area is 204 Å². The Morgan fingerprint density at radius 1 is 1.09 bits per heavy atom. The highest BCUT2D eigenvalue weighted by Crippen LogP contribution is 2.44. The number of aliphatic hydroxyl groups is 1. The summed E-state index contributed by atoms with van der Waals surface area (Å²) in [5, 5.41) is 23.9. The fourth-order valence-corrected chi connectivity index (χ4v) is 5.44. The van der Waals surface area contributed by atoms with Gasteiger partial charge in [0.1, 0.15) is 18.2 Å². The Bertz CT molecular complexity index is 1060. The van der Waals surface area contributed by atoms with Gasteiger partial charge in [-0.3, -0.25) is 4.79 Å². The third-order valence-electron chi connectivity index (χ3n) is 7.14. The number of aliphatic hydroxyl groups excluding tert-OH is 1. The maximum atomic E-state index is 13.3. The highest BCUT2D eigenvalue weighted by Gasteiger charge is 2.45. The number of aliphatic carboxylic acids is 1. The monoisotopic (exact) mass is 480 g/mol. The van der Waals surface area contributed by atoms with Crippen molar-refractivity contribution in [3.8, 4) is 11.1 Å². The number of nitrogens with one attached hydrogen (secondary N) is 2. The first-order valence-corrected chi connectivity index (χ1v) is 12.1. The van der Waals surface area contributed by atoms with Crippen LogP contribution in [-0.4, -0.2) is 53.0 Å². The minimum absolute atomic E-state index is 0.107. The van der Waals surface area contributed by atoms with Gasteiger partial charge in [-0.1, -0.05) is 68.3 Å². The molecule has 3 unspecified atom stereocenters. The second kappa shape index (κ2) is 10.5. The van der Waals surface area contributed by atoms with Crippen molar-refractivity contribution >= 4 is 18.0 Å². The van der Waals surface area contributed by atoms with Crippen molar-refractivity contribution in [2.45, 2.75) is 56.5 Å². The number of carboxylic acids is 1. The molecule has 0 spiro atoms. The maximum absolute atomic E-state index is 13.3. The minimum atomic E-state index is -1.26. The van der Waals surface area contributed by atoms with Crippen molar-refractivity contribution in [3.63, 3.8) is 0 Å². The molecule has 4 rings (SSSR count). The van der Waals surface area contributed by atoms with Gasteiger partial charge in [-0.15, -0.1) is 0 Å². The smallest absolute Gasteiger partial charge is 0.408 e. The molecule has 0 aromatic heterocycles. The van der Waals surface area contributed by atoms with E-state index in [1.54, 1.807) is 0 Å². The van der Waals surface area contributed by atoms with E-state index in [2.05, 4.69) is 22.8 Å². The number of benzene rings is 2. The molecule has 8 nitrogen and oxygen atoms in total. The average molecular weight is 481 g/mol. The Hall–Kier alpha value is -3.39. The molecule has 0 aliphatic heterocycles. The van der Waals surface area contributed by atoms with Crippen LogP contribution in [0, 0.1) is 5.92 Å². The van der Waals surface area contributed by atoms with E-state index in [0.29, 0.717) is 12.8 Å². The summed E-state index contributed by atoms with van der Waals surface area (Å²) in [5.41, 5.74) is 3.17. The molecule has 0 heterocycles. The number of carbonyl (C=O) groups is 3. The molecule has 8 heteroatoms. The summed E-state index contributed by atoms with van der Waals surface area (Å²) < 4.78 is 5.67. The van der Waals surface area contributed by atoms with Gasteiger partial charge < -0.3 is 25.6 Å². The summed E-state index contributed by atoms with van der Waals surface area (Å²) in [5.74, 6) is -1.72. The van der Waals surface area contributed by atoms with E-state index in [1.165, 1.54) is 0 Å². The van der Waals surface area contributed by atoms with Gasteiger partial charge in [-0.2, -0.15) is 0 Å². The molecule has 1 fully saturated rings. The maximum Gasteiger partial charge on any atom is 0.408 e. The van der Waals surface area contributed by atoms with Gasteiger partial charge in [0.2, 0.25) is 5.91 Å². The van der Waals surface area contributed by atoms with Crippen molar-refractivity contribution in [3.05, 3.63) is 59.7 Å². The Kier molecular flexibility index (Phi) is 7.40. The lowest BCUT2D eigenvalue weighted by Crippen LogP contribution is -2.63. The van der Waals surface area contributed by atoms with E-state index in [1.807, 2.05) is 43.3 Å². The minimum Gasteiger partial charge on any atom is -0.480 e. The second-order valence-electron chi connectivity index (χ2n) is 9.61. The van der Waals surface area contributed by atoms with Crippen molar-refractivity contribution < 1.29 is 29.3 Å². The lowest BCUT2D eigenvalue weighted by molar-refractivity contribution is -0.143. The van der Waals surface area contributed by atoms with E-state index < -0.39 is 29.6 Å². The average Bonchev–Trinajstić information content (AvgIpc) is 3.16. The molecule has 2 aromatic carbocycles. The van der Waals surface area contributed by atoms with Crippen molar-refractivity contribution in [1.82, 2.24) is 10.6 Å². The van der Waals surface area contributed by atoms with Crippen molar-refractivity contribution in [1.29, 1.82) is 0 Å². The molecule has 2 aliphatic rings. The number of alkyl carbamates (subject to hydrolysis) is 1. The largest absolute Gasteiger partial charge is 0.480 e. The molecule has 0 radical (unpaired) electrons. The number of fused-ring (bicyclic) bond motifs is 3. The third kappa shape index (κ3) is 5.17. The number of carbonyl (C=O) groups excluding carboxylic acids is 2. The predicted molar refractivity (Wildman–Crippen MR) is 130 cm³/mol. The van der Waals surface area contributed by atoms with E-state index >= 15 is 0 Å². The van der Waals surface area contributed by atoms with Crippen LogP contribution < -0.4 is 10.6 Å². The number of hydrogen-bond acceptors (Lipinski definition) is 5. The third-order valence-corrected chi connectivity index (χ3v) is 7.14. The Morgan fingerprint density at radius 2 is 1.71 bits per heavy atom. The zero-order valence-corrected chi connectivity index (χ0v) is 19.8. The number of amides is 2. The van der Waals surface area contributed by atoms with Gasteiger partial charge >= 0.3 is 12.1 Å². The highest BCUT2D eigenvalue weighted by molar-refractivity contribution is 5.93. The van der Waals surface area contributed by atoms with Crippen LogP contribution in [0.3, 0.4) is 0 Å². The van der Waals surface area contributed by atoms with Crippen LogP contribution in [0.5, 0.6) is 0 Å². The molecule has 2 aliphatic carbocycles. The van der Waals surface area contributed by atoms with Gasteiger partial charge in [0.25, 0.3) is 0 Å². The summed E-state index contributed by atoms with van der Waals surface area (Å²) in [6.07, 6.45) is 1.59. The summed E-state index contributed by atoms with van der Waals surface area (Å²) in [6.45, 7) is 1.75. The van der Waals surface area contributed by atoms with E-state index in [4.69, 9.17) is 9.84 Å². The standard InChI is InChI=1S/C27H32N2O6/c1-17-7-6-13-27(15-17,25(33)28-23(12-14-30)24(31)32)29-26(34)35-16-22-20-10-4-2-8-18(20)19-9-3-5-11-21(19)22/h2-5,8-11,17,22-23,30H,6-7,12-16H2,1H3,(H,28,33)(H,29,34)(H,31,32). The number of carboxylic acid groups (broad SMARTS) is 1. The van der Waals surface area contributed by atoms with Crippen LogP contribution in [0.2, 0.25) is 0 Å². The molecule has 4 N–H and O–H groups in total. The topological polar surface area (TPSA) is 125 Å².